The normalized spacial score (nSPS) is 27.1. The SMILES string of the molecule is COC1(C)CCCN(C(CN)c2cccnc2)C1. The lowest BCUT2D eigenvalue weighted by molar-refractivity contribution is -0.0608. The molecule has 1 aliphatic rings. The number of rotatable bonds is 4. The Kier molecular flexibility index (Phi) is 4.32. The molecule has 1 aromatic heterocycles. The van der Waals surface area contributed by atoms with Gasteiger partial charge in [-0.1, -0.05) is 6.07 Å². The Morgan fingerprint density at radius 3 is 3.06 bits per heavy atom. The van der Waals surface area contributed by atoms with Gasteiger partial charge < -0.3 is 10.5 Å². The van der Waals surface area contributed by atoms with Crippen molar-refractivity contribution in [1.29, 1.82) is 0 Å². The van der Waals surface area contributed by atoms with Crippen molar-refractivity contribution in [2.75, 3.05) is 26.7 Å². The lowest BCUT2D eigenvalue weighted by atomic mass is 9.92. The van der Waals surface area contributed by atoms with Crippen LogP contribution in [0.2, 0.25) is 0 Å². The minimum Gasteiger partial charge on any atom is -0.377 e. The summed E-state index contributed by atoms with van der Waals surface area (Å²) >= 11 is 0. The van der Waals surface area contributed by atoms with E-state index in [1.807, 2.05) is 12.3 Å². The van der Waals surface area contributed by atoms with Crippen LogP contribution in [0.4, 0.5) is 0 Å². The van der Waals surface area contributed by atoms with E-state index in [-0.39, 0.29) is 11.6 Å². The molecule has 18 heavy (non-hydrogen) atoms. The second-order valence-corrected chi connectivity index (χ2v) is 5.27. The van der Waals surface area contributed by atoms with Gasteiger partial charge in [0.2, 0.25) is 0 Å². The highest BCUT2D eigenvalue weighted by atomic mass is 16.5. The zero-order valence-corrected chi connectivity index (χ0v) is 11.3. The van der Waals surface area contributed by atoms with Gasteiger partial charge in [-0.05, 0) is 37.9 Å². The molecule has 0 amide bonds. The fourth-order valence-electron chi connectivity index (χ4n) is 2.75. The van der Waals surface area contributed by atoms with Crippen LogP contribution in [0, 0.1) is 0 Å². The van der Waals surface area contributed by atoms with Crippen molar-refractivity contribution in [3.63, 3.8) is 0 Å². The summed E-state index contributed by atoms with van der Waals surface area (Å²) < 4.78 is 5.64. The number of ether oxygens (including phenoxy) is 1. The third-order valence-corrected chi connectivity index (χ3v) is 3.91. The molecule has 0 bridgehead atoms. The van der Waals surface area contributed by atoms with Gasteiger partial charge in [0, 0.05) is 38.6 Å². The van der Waals surface area contributed by atoms with E-state index in [9.17, 15) is 0 Å². The molecule has 2 heterocycles. The molecule has 2 rings (SSSR count). The summed E-state index contributed by atoms with van der Waals surface area (Å²) in [6, 6.07) is 4.31. The number of pyridine rings is 1. The Bertz CT molecular complexity index is 371. The van der Waals surface area contributed by atoms with Crippen LogP contribution in [-0.4, -0.2) is 42.2 Å². The molecule has 0 saturated carbocycles. The van der Waals surface area contributed by atoms with Crippen molar-refractivity contribution in [1.82, 2.24) is 9.88 Å². The van der Waals surface area contributed by atoms with Crippen LogP contribution >= 0.6 is 0 Å². The Morgan fingerprint density at radius 2 is 2.44 bits per heavy atom. The molecule has 0 aliphatic carbocycles. The van der Waals surface area contributed by atoms with Crippen LogP contribution in [0.5, 0.6) is 0 Å². The standard InChI is InChI=1S/C14H23N3O/c1-14(18-2)6-4-8-17(11-14)13(9-15)12-5-3-7-16-10-12/h3,5,7,10,13H,4,6,8-9,11,15H2,1-2H3. The highest BCUT2D eigenvalue weighted by Gasteiger charge is 2.34. The molecule has 0 aromatic carbocycles. The van der Waals surface area contributed by atoms with Crippen LogP contribution in [0.1, 0.15) is 31.4 Å². The smallest absolute Gasteiger partial charge is 0.0777 e. The summed E-state index contributed by atoms with van der Waals surface area (Å²) in [6.07, 6.45) is 5.98. The number of piperidine rings is 1. The number of hydrogen-bond acceptors (Lipinski definition) is 4. The van der Waals surface area contributed by atoms with Gasteiger partial charge in [0.1, 0.15) is 0 Å². The number of nitrogens with zero attached hydrogens (tertiary/aromatic N) is 2. The molecule has 1 aromatic rings. The highest BCUT2D eigenvalue weighted by molar-refractivity contribution is 5.15. The molecule has 0 radical (unpaired) electrons. The van der Waals surface area contributed by atoms with Gasteiger partial charge in [-0.15, -0.1) is 0 Å². The molecule has 1 aliphatic heterocycles. The van der Waals surface area contributed by atoms with Gasteiger partial charge in [0.25, 0.3) is 0 Å². The monoisotopic (exact) mass is 249 g/mol. The van der Waals surface area contributed by atoms with E-state index >= 15 is 0 Å². The first-order valence-electron chi connectivity index (χ1n) is 6.58. The average Bonchev–Trinajstić information content (AvgIpc) is 2.41. The molecule has 2 unspecified atom stereocenters. The Hall–Kier alpha value is -0.970. The van der Waals surface area contributed by atoms with Crippen molar-refractivity contribution >= 4 is 0 Å². The molecule has 2 atom stereocenters. The number of hydrogen-bond donors (Lipinski definition) is 1. The maximum Gasteiger partial charge on any atom is 0.0777 e. The minimum absolute atomic E-state index is 0.0477. The first-order valence-corrected chi connectivity index (χ1v) is 6.58. The molecule has 4 nitrogen and oxygen atoms in total. The van der Waals surface area contributed by atoms with E-state index in [4.69, 9.17) is 10.5 Å². The first-order chi connectivity index (χ1) is 8.68. The number of nitrogens with two attached hydrogens (primary N) is 1. The summed E-state index contributed by atoms with van der Waals surface area (Å²) in [6.45, 7) is 4.80. The first kappa shape index (κ1) is 13.5. The fraction of sp³-hybridized carbons (Fsp3) is 0.643. The van der Waals surface area contributed by atoms with E-state index in [1.54, 1.807) is 13.3 Å². The van der Waals surface area contributed by atoms with Crippen LogP contribution < -0.4 is 5.73 Å². The quantitative estimate of drug-likeness (QED) is 0.880. The third-order valence-electron chi connectivity index (χ3n) is 3.91. The van der Waals surface area contributed by atoms with Gasteiger partial charge >= 0.3 is 0 Å². The lowest BCUT2D eigenvalue weighted by Crippen LogP contribution is -2.49. The maximum atomic E-state index is 5.96. The third kappa shape index (κ3) is 2.88. The van der Waals surface area contributed by atoms with Gasteiger partial charge in [0.05, 0.1) is 5.60 Å². The van der Waals surface area contributed by atoms with Crippen molar-refractivity contribution in [3.05, 3.63) is 30.1 Å². The van der Waals surface area contributed by atoms with Gasteiger partial charge in [-0.3, -0.25) is 9.88 Å². The van der Waals surface area contributed by atoms with Crippen LogP contribution in [-0.2, 0) is 4.74 Å². The second-order valence-electron chi connectivity index (χ2n) is 5.27. The zero-order valence-electron chi connectivity index (χ0n) is 11.3. The van der Waals surface area contributed by atoms with E-state index in [0.29, 0.717) is 6.54 Å². The van der Waals surface area contributed by atoms with Crippen molar-refractivity contribution in [2.24, 2.45) is 5.73 Å². The Labute approximate surface area is 109 Å². The Balaban J connectivity index is 2.13. The largest absolute Gasteiger partial charge is 0.377 e. The molecular weight excluding hydrogens is 226 g/mol. The highest BCUT2D eigenvalue weighted by Crippen LogP contribution is 2.29. The van der Waals surface area contributed by atoms with Crippen LogP contribution in [0.15, 0.2) is 24.5 Å². The number of aromatic nitrogens is 1. The summed E-state index contributed by atoms with van der Waals surface area (Å²) in [5.74, 6) is 0. The number of methoxy groups -OCH3 is 1. The van der Waals surface area contributed by atoms with Crippen molar-refractivity contribution < 1.29 is 4.74 Å². The van der Waals surface area contributed by atoms with Gasteiger partial charge in [0.15, 0.2) is 0 Å². The number of likely N-dealkylation sites (tertiary alicyclic amines) is 1. The summed E-state index contributed by atoms with van der Waals surface area (Å²) in [7, 11) is 1.80. The van der Waals surface area contributed by atoms with E-state index in [0.717, 1.165) is 25.9 Å². The van der Waals surface area contributed by atoms with Crippen molar-refractivity contribution in [3.8, 4) is 0 Å². The molecular formula is C14H23N3O. The maximum absolute atomic E-state index is 5.96. The predicted molar refractivity (Wildman–Crippen MR) is 72.3 cm³/mol. The molecule has 1 fully saturated rings. The van der Waals surface area contributed by atoms with Crippen LogP contribution in [0.3, 0.4) is 0 Å². The van der Waals surface area contributed by atoms with Crippen LogP contribution in [0.25, 0.3) is 0 Å². The van der Waals surface area contributed by atoms with E-state index in [2.05, 4.69) is 22.9 Å². The summed E-state index contributed by atoms with van der Waals surface area (Å²) in [4.78, 5) is 6.61. The molecule has 1 saturated heterocycles. The zero-order chi connectivity index (χ0) is 13.0. The average molecular weight is 249 g/mol. The Morgan fingerprint density at radius 1 is 1.61 bits per heavy atom. The predicted octanol–water partition coefficient (Wildman–Crippen LogP) is 1.58. The molecule has 2 N–H and O–H groups in total. The summed E-state index contributed by atoms with van der Waals surface area (Å²) in [5, 5.41) is 0. The molecule has 4 heteroatoms. The lowest BCUT2D eigenvalue weighted by Gasteiger charge is -2.43. The minimum atomic E-state index is -0.0477. The van der Waals surface area contributed by atoms with Gasteiger partial charge in [-0.2, -0.15) is 0 Å². The fourth-order valence-corrected chi connectivity index (χ4v) is 2.75. The molecule has 100 valence electrons. The van der Waals surface area contributed by atoms with E-state index in [1.165, 1.54) is 5.56 Å². The molecule has 0 spiro atoms. The second kappa shape index (κ2) is 5.78. The summed E-state index contributed by atoms with van der Waals surface area (Å²) in [5.41, 5.74) is 7.10. The van der Waals surface area contributed by atoms with Gasteiger partial charge in [-0.25, -0.2) is 0 Å². The van der Waals surface area contributed by atoms with Crippen molar-refractivity contribution in [2.45, 2.75) is 31.4 Å². The topological polar surface area (TPSA) is 51.4 Å². The van der Waals surface area contributed by atoms with E-state index < -0.39 is 0 Å².